The molecule has 146 valence electrons. The summed E-state index contributed by atoms with van der Waals surface area (Å²) in [6.07, 6.45) is 0.887. The molecule has 1 saturated heterocycles. The van der Waals surface area contributed by atoms with Crippen LogP contribution in [0.4, 0.5) is 0 Å². The molecule has 0 unspecified atom stereocenters. The topological polar surface area (TPSA) is 45.6 Å². The maximum absolute atomic E-state index is 13.3. The molecule has 6 heteroatoms. The molecule has 3 heterocycles. The molecule has 0 radical (unpaired) electrons. The molecule has 4 rings (SSSR count). The van der Waals surface area contributed by atoms with E-state index in [0.29, 0.717) is 26.2 Å². The zero-order valence-electron chi connectivity index (χ0n) is 16.4. The molecule has 0 N–H and O–H groups in total. The predicted octanol–water partition coefficient (Wildman–Crippen LogP) is 3.56. The summed E-state index contributed by atoms with van der Waals surface area (Å²) in [5.74, 6) is 0.145. The summed E-state index contributed by atoms with van der Waals surface area (Å²) in [5.41, 5.74) is 3.17. The highest BCUT2D eigenvalue weighted by atomic mass is 32.1. The van der Waals surface area contributed by atoms with Crippen LogP contribution in [0.1, 0.15) is 27.9 Å². The van der Waals surface area contributed by atoms with Gasteiger partial charge in [-0.15, -0.1) is 11.3 Å². The Kier molecular flexibility index (Phi) is 5.22. The van der Waals surface area contributed by atoms with E-state index < -0.39 is 0 Å². The second-order valence-corrected chi connectivity index (χ2v) is 8.61. The van der Waals surface area contributed by atoms with E-state index in [0.717, 1.165) is 28.9 Å². The largest absolute Gasteiger partial charge is 0.339 e. The average molecular weight is 396 g/mol. The highest BCUT2D eigenvalue weighted by molar-refractivity contribution is 7.19. The molecule has 0 spiro atoms. The Morgan fingerprint density at radius 1 is 1.00 bits per heavy atom. The van der Waals surface area contributed by atoms with Crippen molar-refractivity contribution in [2.24, 2.45) is 0 Å². The fraction of sp³-hybridized carbons (Fsp3) is 0.364. The summed E-state index contributed by atoms with van der Waals surface area (Å²) in [6, 6.07) is 14.6. The van der Waals surface area contributed by atoms with E-state index in [1.807, 2.05) is 17.0 Å². The van der Waals surface area contributed by atoms with Gasteiger partial charge in [-0.1, -0.05) is 30.3 Å². The van der Waals surface area contributed by atoms with Crippen LogP contribution in [-0.4, -0.2) is 52.4 Å². The van der Waals surface area contributed by atoms with Crippen LogP contribution < -0.4 is 0 Å². The second-order valence-electron chi connectivity index (χ2n) is 7.32. The van der Waals surface area contributed by atoms with E-state index in [1.54, 1.807) is 23.2 Å². The third kappa shape index (κ3) is 3.69. The van der Waals surface area contributed by atoms with E-state index in [-0.39, 0.29) is 11.8 Å². The highest BCUT2D eigenvalue weighted by Crippen LogP contribution is 2.30. The number of carbonyl (C=O) groups excluding carboxylic acids is 2. The Labute approximate surface area is 169 Å². The van der Waals surface area contributed by atoms with Crippen molar-refractivity contribution in [1.29, 1.82) is 0 Å². The lowest BCUT2D eigenvalue weighted by Crippen LogP contribution is -2.50. The summed E-state index contributed by atoms with van der Waals surface area (Å²) in [4.78, 5) is 29.8. The summed E-state index contributed by atoms with van der Waals surface area (Å²) in [6.45, 7) is 6.87. The molecular formula is C22H25N3O2S. The minimum Gasteiger partial charge on any atom is -0.339 e. The maximum Gasteiger partial charge on any atom is 0.270 e. The summed E-state index contributed by atoms with van der Waals surface area (Å²) in [7, 11) is 0. The van der Waals surface area contributed by atoms with E-state index >= 15 is 0 Å². The first-order valence-electron chi connectivity index (χ1n) is 9.71. The lowest BCUT2D eigenvalue weighted by atomic mass is 10.1. The zero-order chi connectivity index (χ0) is 19.7. The number of thiophene rings is 1. The Balaban J connectivity index is 1.58. The van der Waals surface area contributed by atoms with Crippen LogP contribution in [0.25, 0.3) is 10.2 Å². The standard InChI is InChI=1S/C22H25N3O2S/c1-16-14-19-21(28-16)15-20(25(19)9-8-18-6-4-3-5-7-18)22(27)24-12-10-23(11-13-24)17(2)26/h3-7,14-15H,8-13H2,1-2H3. The Morgan fingerprint density at radius 2 is 1.68 bits per heavy atom. The van der Waals surface area contributed by atoms with Crippen molar-refractivity contribution >= 4 is 33.4 Å². The van der Waals surface area contributed by atoms with Gasteiger partial charge in [-0.25, -0.2) is 0 Å². The SMILES string of the molecule is CC(=O)N1CCN(C(=O)c2cc3sc(C)cc3n2CCc2ccccc2)CC1. The molecule has 5 nitrogen and oxygen atoms in total. The Morgan fingerprint density at radius 3 is 2.36 bits per heavy atom. The number of amides is 2. The number of aromatic nitrogens is 1. The number of hydrogen-bond donors (Lipinski definition) is 0. The predicted molar refractivity (Wildman–Crippen MR) is 113 cm³/mol. The summed E-state index contributed by atoms with van der Waals surface area (Å²) in [5, 5.41) is 0. The maximum atomic E-state index is 13.3. The molecule has 0 saturated carbocycles. The van der Waals surface area contributed by atoms with Crippen LogP contribution in [0.2, 0.25) is 0 Å². The monoisotopic (exact) mass is 395 g/mol. The van der Waals surface area contributed by atoms with Gasteiger partial charge in [0.05, 0.1) is 10.2 Å². The Bertz CT molecular complexity index is 998. The number of nitrogens with zero attached hydrogens (tertiary/aromatic N) is 3. The third-order valence-corrected chi connectivity index (χ3v) is 6.40. The van der Waals surface area contributed by atoms with E-state index in [1.165, 1.54) is 10.4 Å². The first-order chi connectivity index (χ1) is 13.5. The van der Waals surface area contributed by atoms with Gasteiger partial charge in [0.1, 0.15) is 5.69 Å². The number of rotatable bonds is 4. The van der Waals surface area contributed by atoms with Gasteiger partial charge in [-0.05, 0) is 31.0 Å². The van der Waals surface area contributed by atoms with Gasteiger partial charge in [-0.3, -0.25) is 9.59 Å². The smallest absolute Gasteiger partial charge is 0.270 e. The molecule has 0 bridgehead atoms. The fourth-order valence-corrected chi connectivity index (χ4v) is 4.82. The quantitative estimate of drug-likeness (QED) is 0.678. The van der Waals surface area contributed by atoms with Gasteiger partial charge in [0, 0.05) is 44.5 Å². The second kappa shape index (κ2) is 7.80. The minimum absolute atomic E-state index is 0.0670. The van der Waals surface area contributed by atoms with Crippen molar-refractivity contribution in [3.63, 3.8) is 0 Å². The van der Waals surface area contributed by atoms with Crippen molar-refractivity contribution < 1.29 is 9.59 Å². The van der Waals surface area contributed by atoms with E-state index in [9.17, 15) is 9.59 Å². The zero-order valence-corrected chi connectivity index (χ0v) is 17.2. The normalized spacial score (nSPS) is 14.6. The Hall–Kier alpha value is -2.60. The molecular weight excluding hydrogens is 370 g/mol. The van der Waals surface area contributed by atoms with Crippen LogP contribution in [0.3, 0.4) is 0 Å². The number of hydrogen-bond acceptors (Lipinski definition) is 3. The van der Waals surface area contributed by atoms with Gasteiger partial charge >= 0.3 is 0 Å². The summed E-state index contributed by atoms with van der Waals surface area (Å²) < 4.78 is 3.34. The summed E-state index contributed by atoms with van der Waals surface area (Å²) >= 11 is 1.73. The van der Waals surface area contributed by atoms with Crippen LogP contribution in [0, 0.1) is 6.92 Å². The number of carbonyl (C=O) groups is 2. The average Bonchev–Trinajstić information content (AvgIpc) is 3.22. The van der Waals surface area contributed by atoms with Crippen molar-refractivity contribution in [3.05, 3.63) is 58.6 Å². The minimum atomic E-state index is 0.0670. The van der Waals surface area contributed by atoms with Crippen LogP contribution in [0.5, 0.6) is 0 Å². The van der Waals surface area contributed by atoms with Crippen molar-refractivity contribution in [1.82, 2.24) is 14.4 Å². The van der Waals surface area contributed by atoms with Gasteiger partial charge < -0.3 is 14.4 Å². The first-order valence-corrected chi connectivity index (χ1v) is 10.5. The molecule has 1 fully saturated rings. The van der Waals surface area contributed by atoms with Crippen molar-refractivity contribution in [2.75, 3.05) is 26.2 Å². The number of piperazine rings is 1. The molecule has 1 aliphatic rings. The molecule has 28 heavy (non-hydrogen) atoms. The highest BCUT2D eigenvalue weighted by Gasteiger charge is 2.26. The van der Waals surface area contributed by atoms with Gasteiger partial charge in [0.15, 0.2) is 0 Å². The lowest BCUT2D eigenvalue weighted by Gasteiger charge is -2.34. The molecule has 1 aromatic carbocycles. The van der Waals surface area contributed by atoms with Gasteiger partial charge in [0.25, 0.3) is 5.91 Å². The number of fused-ring (bicyclic) bond motifs is 1. The molecule has 2 amide bonds. The molecule has 0 atom stereocenters. The molecule has 0 aliphatic carbocycles. The van der Waals surface area contributed by atoms with E-state index in [2.05, 4.69) is 41.8 Å². The van der Waals surface area contributed by atoms with Crippen molar-refractivity contribution in [3.8, 4) is 0 Å². The van der Waals surface area contributed by atoms with Crippen LogP contribution >= 0.6 is 11.3 Å². The number of benzene rings is 1. The van der Waals surface area contributed by atoms with Crippen LogP contribution in [-0.2, 0) is 17.8 Å². The van der Waals surface area contributed by atoms with Crippen molar-refractivity contribution in [2.45, 2.75) is 26.8 Å². The molecule has 1 aliphatic heterocycles. The van der Waals surface area contributed by atoms with Gasteiger partial charge in [0.2, 0.25) is 5.91 Å². The first kappa shape index (κ1) is 18.7. The number of aryl methyl sites for hydroxylation is 3. The van der Waals surface area contributed by atoms with Crippen LogP contribution in [0.15, 0.2) is 42.5 Å². The molecule has 3 aromatic rings. The third-order valence-electron chi connectivity index (χ3n) is 5.41. The van der Waals surface area contributed by atoms with Gasteiger partial charge in [-0.2, -0.15) is 0 Å². The van der Waals surface area contributed by atoms with E-state index in [4.69, 9.17) is 0 Å². The molecule has 2 aromatic heterocycles. The fourth-order valence-electron chi connectivity index (χ4n) is 3.86. The lowest BCUT2D eigenvalue weighted by molar-refractivity contribution is -0.130.